The zero-order chi connectivity index (χ0) is 12.5. The topological polar surface area (TPSA) is 41.6 Å². The SMILES string of the molecule is CCCNCCOC(C)C(=O)N1CCCCC1. The van der Waals surface area contributed by atoms with E-state index in [9.17, 15) is 4.79 Å². The Hall–Kier alpha value is -0.610. The van der Waals surface area contributed by atoms with Gasteiger partial charge in [0.15, 0.2) is 0 Å². The van der Waals surface area contributed by atoms with Crippen LogP contribution < -0.4 is 5.32 Å². The van der Waals surface area contributed by atoms with Gasteiger partial charge in [0.25, 0.3) is 5.91 Å². The van der Waals surface area contributed by atoms with Gasteiger partial charge in [-0.2, -0.15) is 0 Å². The predicted octanol–water partition coefficient (Wildman–Crippen LogP) is 1.40. The lowest BCUT2D eigenvalue weighted by Gasteiger charge is -2.29. The molecule has 17 heavy (non-hydrogen) atoms. The first-order valence-electron chi connectivity index (χ1n) is 6.86. The van der Waals surface area contributed by atoms with E-state index in [2.05, 4.69) is 12.2 Å². The van der Waals surface area contributed by atoms with E-state index < -0.39 is 0 Å². The summed E-state index contributed by atoms with van der Waals surface area (Å²) in [5.74, 6) is 0.153. The summed E-state index contributed by atoms with van der Waals surface area (Å²) in [7, 11) is 0. The van der Waals surface area contributed by atoms with Gasteiger partial charge in [0.1, 0.15) is 6.10 Å². The number of piperidine rings is 1. The van der Waals surface area contributed by atoms with Crippen molar-refractivity contribution in [3.05, 3.63) is 0 Å². The van der Waals surface area contributed by atoms with E-state index in [0.29, 0.717) is 6.61 Å². The van der Waals surface area contributed by atoms with Crippen LogP contribution in [0.15, 0.2) is 0 Å². The largest absolute Gasteiger partial charge is 0.367 e. The van der Waals surface area contributed by atoms with Crippen molar-refractivity contribution in [1.29, 1.82) is 0 Å². The zero-order valence-corrected chi connectivity index (χ0v) is 11.2. The summed E-state index contributed by atoms with van der Waals surface area (Å²) in [6.45, 7) is 8.25. The zero-order valence-electron chi connectivity index (χ0n) is 11.2. The van der Waals surface area contributed by atoms with Crippen molar-refractivity contribution in [2.24, 2.45) is 0 Å². The van der Waals surface area contributed by atoms with E-state index in [0.717, 1.165) is 45.4 Å². The van der Waals surface area contributed by atoms with E-state index >= 15 is 0 Å². The van der Waals surface area contributed by atoms with Gasteiger partial charge in [-0.3, -0.25) is 4.79 Å². The first-order chi connectivity index (χ1) is 8.25. The normalized spacial score (nSPS) is 18.1. The average molecular weight is 242 g/mol. The van der Waals surface area contributed by atoms with Gasteiger partial charge in [-0.1, -0.05) is 6.92 Å². The molecular weight excluding hydrogens is 216 g/mol. The monoisotopic (exact) mass is 242 g/mol. The third kappa shape index (κ3) is 5.50. The number of hydrogen-bond donors (Lipinski definition) is 1. The minimum Gasteiger partial charge on any atom is -0.367 e. The van der Waals surface area contributed by atoms with Crippen LogP contribution in [0, 0.1) is 0 Å². The highest BCUT2D eigenvalue weighted by molar-refractivity contribution is 5.80. The molecule has 1 aliphatic rings. The first-order valence-corrected chi connectivity index (χ1v) is 6.86. The van der Waals surface area contributed by atoms with Crippen molar-refractivity contribution in [3.63, 3.8) is 0 Å². The van der Waals surface area contributed by atoms with E-state index in [1.807, 2.05) is 11.8 Å². The smallest absolute Gasteiger partial charge is 0.251 e. The van der Waals surface area contributed by atoms with Gasteiger partial charge < -0.3 is 15.0 Å². The number of ether oxygens (including phenoxy) is 1. The van der Waals surface area contributed by atoms with Crippen LogP contribution in [-0.4, -0.2) is 49.7 Å². The Balaban J connectivity index is 2.12. The van der Waals surface area contributed by atoms with Crippen LogP contribution in [0.2, 0.25) is 0 Å². The quantitative estimate of drug-likeness (QED) is 0.686. The predicted molar refractivity (Wildman–Crippen MR) is 69.0 cm³/mol. The summed E-state index contributed by atoms with van der Waals surface area (Å²) in [6.07, 6.45) is 4.35. The molecule has 0 aromatic carbocycles. The molecule has 0 aliphatic carbocycles. The van der Waals surface area contributed by atoms with E-state index in [-0.39, 0.29) is 12.0 Å². The Morgan fingerprint density at radius 2 is 2.00 bits per heavy atom. The minimum absolute atomic E-state index is 0.153. The number of rotatable bonds is 7. The molecule has 0 spiro atoms. The summed E-state index contributed by atoms with van der Waals surface area (Å²) in [4.78, 5) is 13.9. The first kappa shape index (κ1) is 14.5. The molecule has 1 heterocycles. The summed E-state index contributed by atoms with van der Waals surface area (Å²) >= 11 is 0. The van der Waals surface area contributed by atoms with Gasteiger partial charge >= 0.3 is 0 Å². The van der Waals surface area contributed by atoms with Gasteiger partial charge in [0.2, 0.25) is 0 Å². The molecule has 1 atom stereocenters. The molecule has 0 saturated carbocycles. The van der Waals surface area contributed by atoms with Crippen molar-refractivity contribution in [1.82, 2.24) is 10.2 Å². The Morgan fingerprint density at radius 1 is 1.29 bits per heavy atom. The fourth-order valence-corrected chi connectivity index (χ4v) is 2.05. The van der Waals surface area contributed by atoms with E-state index in [1.54, 1.807) is 0 Å². The van der Waals surface area contributed by atoms with Crippen molar-refractivity contribution in [2.45, 2.75) is 45.6 Å². The second-order valence-electron chi connectivity index (χ2n) is 4.65. The average Bonchev–Trinajstić information content (AvgIpc) is 2.38. The summed E-state index contributed by atoms with van der Waals surface area (Å²) in [5, 5.41) is 3.26. The molecule has 1 saturated heterocycles. The highest BCUT2D eigenvalue weighted by Crippen LogP contribution is 2.10. The lowest BCUT2D eigenvalue weighted by Crippen LogP contribution is -2.42. The molecule has 1 amide bonds. The van der Waals surface area contributed by atoms with Crippen LogP contribution in [0.4, 0.5) is 0 Å². The molecular formula is C13H26N2O2. The molecule has 100 valence electrons. The van der Waals surface area contributed by atoms with Crippen molar-refractivity contribution in [3.8, 4) is 0 Å². The number of likely N-dealkylation sites (tertiary alicyclic amines) is 1. The van der Waals surface area contributed by atoms with Crippen molar-refractivity contribution >= 4 is 5.91 Å². The highest BCUT2D eigenvalue weighted by Gasteiger charge is 2.22. The van der Waals surface area contributed by atoms with E-state index in [4.69, 9.17) is 4.74 Å². The number of nitrogens with one attached hydrogen (secondary N) is 1. The number of amides is 1. The van der Waals surface area contributed by atoms with Crippen LogP contribution in [0.1, 0.15) is 39.5 Å². The second-order valence-corrected chi connectivity index (χ2v) is 4.65. The van der Waals surface area contributed by atoms with Gasteiger partial charge in [-0.15, -0.1) is 0 Å². The number of hydrogen-bond acceptors (Lipinski definition) is 3. The van der Waals surface area contributed by atoms with Gasteiger partial charge in [-0.05, 0) is 39.2 Å². The Bertz CT molecular complexity index is 215. The molecule has 0 bridgehead atoms. The fraction of sp³-hybridized carbons (Fsp3) is 0.923. The van der Waals surface area contributed by atoms with Gasteiger partial charge in [-0.25, -0.2) is 0 Å². The maximum Gasteiger partial charge on any atom is 0.251 e. The van der Waals surface area contributed by atoms with Gasteiger partial charge in [0, 0.05) is 19.6 Å². The molecule has 1 rings (SSSR count). The molecule has 1 N–H and O–H groups in total. The van der Waals surface area contributed by atoms with Crippen molar-refractivity contribution < 1.29 is 9.53 Å². The Kier molecular flexibility index (Phi) is 7.21. The van der Waals surface area contributed by atoms with Crippen LogP contribution in [0.25, 0.3) is 0 Å². The lowest BCUT2D eigenvalue weighted by atomic mass is 10.1. The summed E-state index contributed by atoms with van der Waals surface area (Å²) in [6, 6.07) is 0. The van der Waals surface area contributed by atoms with Gasteiger partial charge in [0.05, 0.1) is 6.61 Å². The van der Waals surface area contributed by atoms with E-state index in [1.165, 1.54) is 6.42 Å². The highest BCUT2D eigenvalue weighted by atomic mass is 16.5. The number of nitrogens with zero attached hydrogens (tertiary/aromatic N) is 1. The second kappa shape index (κ2) is 8.48. The molecule has 1 unspecified atom stereocenters. The molecule has 4 heteroatoms. The summed E-state index contributed by atoms with van der Waals surface area (Å²) < 4.78 is 5.55. The Morgan fingerprint density at radius 3 is 2.65 bits per heavy atom. The molecule has 0 aromatic rings. The number of carbonyl (C=O) groups is 1. The molecule has 1 fully saturated rings. The van der Waals surface area contributed by atoms with Crippen LogP contribution in [0.3, 0.4) is 0 Å². The Labute approximate surface area is 105 Å². The van der Waals surface area contributed by atoms with Crippen LogP contribution in [-0.2, 0) is 9.53 Å². The maximum absolute atomic E-state index is 12.0. The minimum atomic E-state index is -0.295. The molecule has 4 nitrogen and oxygen atoms in total. The molecule has 1 aliphatic heterocycles. The standard InChI is InChI=1S/C13H26N2O2/c1-3-7-14-8-11-17-12(2)13(16)15-9-5-4-6-10-15/h12,14H,3-11H2,1-2H3. The summed E-state index contributed by atoms with van der Waals surface area (Å²) in [5.41, 5.74) is 0. The third-order valence-corrected chi connectivity index (χ3v) is 3.09. The lowest BCUT2D eigenvalue weighted by molar-refractivity contribution is -0.143. The van der Waals surface area contributed by atoms with Crippen LogP contribution >= 0.6 is 0 Å². The molecule has 0 aromatic heterocycles. The van der Waals surface area contributed by atoms with Crippen molar-refractivity contribution in [2.75, 3.05) is 32.8 Å². The molecule has 0 radical (unpaired) electrons. The third-order valence-electron chi connectivity index (χ3n) is 3.09. The number of carbonyl (C=O) groups excluding carboxylic acids is 1. The maximum atomic E-state index is 12.0. The van der Waals surface area contributed by atoms with Crippen LogP contribution in [0.5, 0.6) is 0 Å². The fourth-order valence-electron chi connectivity index (χ4n) is 2.05.